The van der Waals surface area contributed by atoms with E-state index in [1.165, 1.54) is 10.9 Å². The van der Waals surface area contributed by atoms with Crippen molar-refractivity contribution in [1.82, 2.24) is 29.4 Å². The van der Waals surface area contributed by atoms with Gasteiger partial charge in [-0.25, -0.2) is 22.7 Å². The van der Waals surface area contributed by atoms with Crippen molar-refractivity contribution in [2.75, 3.05) is 23.3 Å². The van der Waals surface area contributed by atoms with Crippen molar-refractivity contribution in [3.63, 3.8) is 0 Å². The van der Waals surface area contributed by atoms with Crippen LogP contribution < -0.4 is 10.2 Å². The summed E-state index contributed by atoms with van der Waals surface area (Å²) in [5, 5.41) is 11.6. The van der Waals surface area contributed by atoms with E-state index in [1.54, 1.807) is 41.7 Å². The zero-order chi connectivity index (χ0) is 23.3. The molecule has 1 N–H and O–H groups in total. The highest BCUT2D eigenvalue weighted by Crippen LogP contribution is 2.34. The van der Waals surface area contributed by atoms with Gasteiger partial charge in [-0.1, -0.05) is 0 Å². The van der Waals surface area contributed by atoms with Gasteiger partial charge in [0.15, 0.2) is 5.65 Å². The molecule has 5 heterocycles. The molecule has 4 aromatic rings. The number of aromatic nitrogens is 6. The van der Waals surface area contributed by atoms with Gasteiger partial charge in [0.05, 0.1) is 18.3 Å². The quantitative estimate of drug-likeness (QED) is 0.473. The summed E-state index contributed by atoms with van der Waals surface area (Å²) in [6.07, 6.45) is -0.0577. The van der Waals surface area contributed by atoms with Crippen LogP contribution in [-0.2, 0) is 7.05 Å². The van der Waals surface area contributed by atoms with Crippen molar-refractivity contribution in [2.24, 2.45) is 7.05 Å². The monoisotopic (exact) mass is 476 g/mol. The van der Waals surface area contributed by atoms with Crippen LogP contribution in [0, 0.1) is 6.92 Å². The molecular weight excluding hydrogens is 457 g/mol. The van der Waals surface area contributed by atoms with Crippen LogP contribution in [0.2, 0.25) is 0 Å². The molecule has 4 aromatic heterocycles. The lowest BCUT2D eigenvalue weighted by atomic mass is 10.2. The maximum atomic E-state index is 13.5. The van der Waals surface area contributed by atoms with E-state index in [4.69, 9.17) is 0 Å². The van der Waals surface area contributed by atoms with Crippen LogP contribution >= 0.6 is 11.3 Å². The maximum Gasteiger partial charge on any atom is 0.281 e. The standard InChI is InChI=1S/C20H19F3N8OS/c1-10-15(17(22)23)27-19(33-10)13-8-24-29(2)16(13)18(32)25-12-4-6-31-14(7-12)26-20(28-31)30-5-3-11(21)9-30/h4,6-8,11,17H,3,5,9H2,1-2H3,(H,25,32)/t11-/m0/s1. The molecule has 9 nitrogen and oxygen atoms in total. The van der Waals surface area contributed by atoms with Crippen molar-refractivity contribution in [3.8, 4) is 10.6 Å². The number of thiazole rings is 1. The van der Waals surface area contributed by atoms with Crippen LogP contribution in [0.15, 0.2) is 24.5 Å². The largest absolute Gasteiger partial charge is 0.336 e. The van der Waals surface area contributed by atoms with Crippen molar-refractivity contribution >= 4 is 34.5 Å². The Labute approximate surface area is 189 Å². The number of amides is 1. The number of nitrogens with zero attached hydrogens (tertiary/aromatic N) is 7. The third-order valence-electron chi connectivity index (χ3n) is 5.42. The fourth-order valence-electron chi connectivity index (χ4n) is 3.76. The van der Waals surface area contributed by atoms with Gasteiger partial charge in [-0.2, -0.15) is 10.1 Å². The number of hydrogen-bond donors (Lipinski definition) is 1. The molecule has 0 aromatic carbocycles. The molecule has 0 aliphatic carbocycles. The van der Waals surface area contributed by atoms with Crippen LogP contribution in [0.25, 0.3) is 16.2 Å². The number of nitrogens with one attached hydrogen (secondary N) is 1. The molecule has 1 amide bonds. The number of alkyl halides is 3. The van der Waals surface area contributed by atoms with E-state index in [0.717, 1.165) is 11.3 Å². The molecule has 172 valence electrons. The molecule has 0 bridgehead atoms. The molecule has 1 saturated heterocycles. The van der Waals surface area contributed by atoms with Crippen LogP contribution in [-0.4, -0.2) is 54.5 Å². The number of aryl methyl sites for hydroxylation is 2. The number of rotatable bonds is 5. The lowest BCUT2D eigenvalue weighted by Crippen LogP contribution is -2.21. The van der Waals surface area contributed by atoms with Gasteiger partial charge in [-0.05, 0) is 19.4 Å². The summed E-state index contributed by atoms with van der Waals surface area (Å²) in [5.41, 5.74) is 1.23. The van der Waals surface area contributed by atoms with Gasteiger partial charge in [0.1, 0.15) is 22.6 Å². The Morgan fingerprint density at radius 2 is 2.15 bits per heavy atom. The Bertz CT molecular complexity index is 1350. The SMILES string of the molecule is Cc1sc(-c2cnn(C)c2C(=O)Nc2ccn3nc(N4CC[C@H](F)C4)nc3c2)nc1C(F)F. The van der Waals surface area contributed by atoms with E-state index in [9.17, 15) is 18.0 Å². The molecule has 0 spiro atoms. The van der Waals surface area contributed by atoms with Gasteiger partial charge in [-0.15, -0.1) is 16.4 Å². The first-order chi connectivity index (χ1) is 15.8. The molecule has 0 saturated carbocycles. The van der Waals surface area contributed by atoms with E-state index in [-0.39, 0.29) is 17.9 Å². The van der Waals surface area contributed by atoms with Gasteiger partial charge in [0.2, 0.25) is 5.95 Å². The number of carbonyl (C=O) groups excluding carboxylic acids is 1. The third-order valence-corrected chi connectivity index (χ3v) is 6.44. The Kier molecular flexibility index (Phi) is 5.27. The summed E-state index contributed by atoms with van der Waals surface area (Å²) in [4.78, 5) is 23.7. The first kappa shape index (κ1) is 21.4. The smallest absolute Gasteiger partial charge is 0.281 e. The van der Waals surface area contributed by atoms with Crippen LogP contribution in [0.5, 0.6) is 0 Å². The molecule has 1 atom stereocenters. The summed E-state index contributed by atoms with van der Waals surface area (Å²) < 4.78 is 42.8. The first-order valence-corrected chi connectivity index (χ1v) is 11.0. The third kappa shape index (κ3) is 3.92. The van der Waals surface area contributed by atoms with Gasteiger partial charge < -0.3 is 10.2 Å². The molecule has 0 radical (unpaired) electrons. The second-order valence-electron chi connectivity index (χ2n) is 7.71. The minimum absolute atomic E-state index is 0.192. The molecule has 5 rings (SSSR count). The lowest BCUT2D eigenvalue weighted by molar-refractivity contribution is 0.101. The Hall–Kier alpha value is -3.48. The number of carbonyl (C=O) groups is 1. The number of halogens is 3. The summed E-state index contributed by atoms with van der Waals surface area (Å²) in [5.74, 6) is -0.0399. The normalized spacial score (nSPS) is 16.3. The minimum Gasteiger partial charge on any atom is -0.336 e. The van der Waals surface area contributed by atoms with Crippen LogP contribution in [0.1, 0.15) is 33.9 Å². The predicted octanol–water partition coefficient (Wildman–Crippen LogP) is 3.63. The van der Waals surface area contributed by atoms with Crippen LogP contribution in [0.4, 0.5) is 24.8 Å². The summed E-state index contributed by atoms with van der Waals surface area (Å²) in [7, 11) is 1.59. The summed E-state index contributed by atoms with van der Waals surface area (Å²) in [6, 6.07) is 3.31. The predicted molar refractivity (Wildman–Crippen MR) is 117 cm³/mol. The zero-order valence-electron chi connectivity index (χ0n) is 17.7. The van der Waals surface area contributed by atoms with Gasteiger partial charge >= 0.3 is 0 Å². The van der Waals surface area contributed by atoms with Crippen molar-refractivity contribution in [2.45, 2.75) is 25.9 Å². The summed E-state index contributed by atoms with van der Waals surface area (Å²) >= 11 is 1.09. The number of fused-ring (bicyclic) bond motifs is 1. The zero-order valence-corrected chi connectivity index (χ0v) is 18.5. The summed E-state index contributed by atoms with van der Waals surface area (Å²) in [6.45, 7) is 2.37. The van der Waals surface area contributed by atoms with Crippen molar-refractivity contribution in [3.05, 3.63) is 40.8 Å². The van der Waals surface area contributed by atoms with E-state index >= 15 is 0 Å². The van der Waals surface area contributed by atoms with Crippen LogP contribution in [0.3, 0.4) is 0 Å². The van der Waals surface area contributed by atoms with Crippen molar-refractivity contribution < 1.29 is 18.0 Å². The topological polar surface area (TPSA) is 93.2 Å². The van der Waals surface area contributed by atoms with E-state index in [2.05, 4.69) is 25.5 Å². The highest BCUT2D eigenvalue weighted by atomic mass is 32.1. The molecule has 33 heavy (non-hydrogen) atoms. The van der Waals surface area contributed by atoms with Gasteiger partial charge in [0.25, 0.3) is 12.3 Å². The average Bonchev–Trinajstić information content (AvgIpc) is 3.53. The fraction of sp³-hybridized carbons (Fsp3) is 0.350. The average molecular weight is 476 g/mol. The second-order valence-corrected chi connectivity index (χ2v) is 8.91. The molecular formula is C20H19F3N8OS. The first-order valence-electron chi connectivity index (χ1n) is 10.1. The lowest BCUT2D eigenvalue weighted by Gasteiger charge is -2.10. The second kappa shape index (κ2) is 8.14. The molecule has 0 unspecified atom stereocenters. The number of pyridine rings is 1. The number of anilines is 2. The molecule has 13 heteroatoms. The van der Waals surface area contributed by atoms with E-state index in [1.807, 2.05) is 0 Å². The molecule has 1 aliphatic rings. The van der Waals surface area contributed by atoms with Crippen molar-refractivity contribution in [1.29, 1.82) is 0 Å². The fourth-order valence-corrected chi connectivity index (χ4v) is 4.69. The maximum absolute atomic E-state index is 13.5. The minimum atomic E-state index is -2.69. The Balaban J connectivity index is 1.41. The Morgan fingerprint density at radius 3 is 2.85 bits per heavy atom. The molecule has 1 fully saturated rings. The van der Waals surface area contributed by atoms with E-state index < -0.39 is 18.5 Å². The Morgan fingerprint density at radius 1 is 1.33 bits per heavy atom. The highest BCUT2D eigenvalue weighted by Gasteiger charge is 2.26. The van der Waals surface area contributed by atoms with E-state index in [0.29, 0.717) is 45.7 Å². The highest BCUT2D eigenvalue weighted by molar-refractivity contribution is 7.15. The van der Waals surface area contributed by atoms with Gasteiger partial charge in [0, 0.05) is 36.4 Å². The molecule has 1 aliphatic heterocycles. The van der Waals surface area contributed by atoms with Gasteiger partial charge in [-0.3, -0.25) is 9.48 Å². The number of hydrogen-bond acceptors (Lipinski definition) is 7.